The number of rotatable bonds is 18. The molecule has 3 aromatic rings. The molecular weight excluding hydrogens is 628 g/mol. The van der Waals surface area contributed by atoms with Crippen molar-refractivity contribution < 1.29 is 28.2 Å². The van der Waals surface area contributed by atoms with Crippen LogP contribution in [0.15, 0.2) is 72.8 Å². The van der Waals surface area contributed by atoms with Crippen LogP contribution in [0.3, 0.4) is 0 Å². The van der Waals surface area contributed by atoms with E-state index in [1.165, 1.54) is 17.1 Å². The molecule has 10 nitrogen and oxygen atoms in total. The second-order valence-corrected chi connectivity index (χ2v) is 13.5. The largest absolute Gasteiger partial charge is 0.508 e. The Bertz CT molecular complexity index is 1650. The standard InChI is InChI=1S/C37H48N4O6S/c1-5-12-30-22-31(25-32(23-30)37(45)40(19-6-2)20-7-3)36(44)38-34(24-28-15-17-33(42)18-16-28)35(43)26-41(21-8-4)39-48(46,47)27-29-13-10-9-11-14-29/h9-11,13-18,22-23,25,34-35,39,42-43H,6-8,19-21,24,26-27H2,1-4H3,(H,38,44). The van der Waals surface area contributed by atoms with Crippen molar-refractivity contribution in [3.8, 4) is 17.6 Å². The van der Waals surface area contributed by atoms with E-state index in [0.717, 1.165) is 18.4 Å². The molecule has 0 bridgehead atoms. The minimum absolute atomic E-state index is 0.0769. The molecule has 0 saturated heterocycles. The number of sulfonamides is 1. The van der Waals surface area contributed by atoms with E-state index in [4.69, 9.17) is 0 Å². The second kappa shape index (κ2) is 19.0. The third-order valence-electron chi connectivity index (χ3n) is 7.53. The number of nitrogens with zero attached hydrogens (tertiary/aromatic N) is 2. The fourth-order valence-electron chi connectivity index (χ4n) is 5.38. The molecule has 0 aromatic heterocycles. The number of aliphatic hydroxyl groups excluding tert-OH is 1. The van der Waals surface area contributed by atoms with E-state index in [1.807, 2.05) is 26.8 Å². The van der Waals surface area contributed by atoms with Crippen molar-refractivity contribution in [1.29, 1.82) is 0 Å². The summed E-state index contributed by atoms with van der Waals surface area (Å²) in [6.07, 6.45) is 1.16. The highest BCUT2D eigenvalue weighted by Gasteiger charge is 2.27. The predicted octanol–water partition coefficient (Wildman–Crippen LogP) is 4.47. The molecule has 258 valence electrons. The lowest BCUT2D eigenvalue weighted by atomic mass is 9.99. The van der Waals surface area contributed by atoms with E-state index in [1.54, 1.807) is 66.4 Å². The van der Waals surface area contributed by atoms with Crippen LogP contribution in [0.25, 0.3) is 0 Å². The number of carbonyl (C=O) groups excluding carboxylic acids is 2. The molecular formula is C37H48N4O6S. The first kappa shape index (κ1) is 38.2. The number of nitrogens with one attached hydrogen (secondary N) is 2. The van der Waals surface area contributed by atoms with Gasteiger partial charge in [-0.3, -0.25) is 9.59 Å². The fourth-order valence-corrected chi connectivity index (χ4v) is 6.63. The van der Waals surface area contributed by atoms with Crippen molar-refractivity contribution in [2.75, 3.05) is 26.2 Å². The molecule has 2 amide bonds. The summed E-state index contributed by atoms with van der Waals surface area (Å²) < 4.78 is 26.1. The van der Waals surface area contributed by atoms with Crippen LogP contribution in [0.5, 0.6) is 5.75 Å². The lowest BCUT2D eigenvalue weighted by Gasteiger charge is -2.30. The van der Waals surface area contributed by atoms with Crippen molar-refractivity contribution in [2.45, 2.75) is 71.3 Å². The summed E-state index contributed by atoms with van der Waals surface area (Å²) in [5.41, 5.74) is 2.43. The van der Waals surface area contributed by atoms with E-state index in [0.29, 0.717) is 42.7 Å². The molecule has 48 heavy (non-hydrogen) atoms. The first-order valence-corrected chi connectivity index (χ1v) is 18.1. The molecule has 4 N–H and O–H groups in total. The van der Waals surface area contributed by atoms with Gasteiger partial charge in [0.1, 0.15) is 5.75 Å². The maximum atomic E-state index is 13.8. The molecule has 11 heteroatoms. The molecule has 0 radical (unpaired) electrons. The van der Waals surface area contributed by atoms with Gasteiger partial charge in [-0.1, -0.05) is 69.2 Å². The average molecular weight is 677 g/mol. The van der Waals surface area contributed by atoms with Crippen LogP contribution in [0.2, 0.25) is 0 Å². The number of phenols is 1. The Balaban J connectivity index is 1.90. The van der Waals surface area contributed by atoms with Gasteiger partial charge in [0.05, 0.1) is 17.9 Å². The third-order valence-corrected chi connectivity index (χ3v) is 8.78. The van der Waals surface area contributed by atoms with Crippen LogP contribution in [0, 0.1) is 11.8 Å². The second-order valence-electron chi connectivity index (χ2n) is 11.8. The number of benzene rings is 3. The first-order valence-electron chi connectivity index (χ1n) is 16.4. The summed E-state index contributed by atoms with van der Waals surface area (Å²) >= 11 is 0. The lowest BCUT2D eigenvalue weighted by Crippen LogP contribution is -2.53. The molecule has 2 unspecified atom stereocenters. The highest BCUT2D eigenvalue weighted by atomic mass is 32.2. The Labute approximate surface area is 285 Å². The Morgan fingerprint density at radius 1 is 0.854 bits per heavy atom. The van der Waals surface area contributed by atoms with Crippen molar-refractivity contribution in [3.63, 3.8) is 0 Å². The fraction of sp³-hybridized carbons (Fsp3) is 0.405. The maximum absolute atomic E-state index is 13.8. The summed E-state index contributed by atoms with van der Waals surface area (Å²) in [4.78, 5) is 31.7. The smallest absolute Gasteiger partial charge is 0.253 e. The number of hydrazine groups is 1. The van der Waals surface area contributed by atoms with Gasteiger partial charge < -0.3 is 20.4 Å². The Morgan fingerprint density at radius 3 is 2.08 bits per heavy atom. The quantitative estimate of drug-likeness (QED) is 0.115. The highest BCUT2D eigenvalue weighted by molar-refractivity contribution is 7.88. The molecule has 0 aliphatic heterocycles. The number of hydrogen-bond acceptors (Lipinski definition) is 7. The van der Waals surface area contributed by atoms with Crippen molar-refractivity contribution in [2.24, 2.45) is 0 Å². The number of hydrogen-bond donors (Lipinski definition) is 4. The Morgan fingerprint density at radius 2 is 1.48 bits per heavy atom. The summed E-state index contributed by atoms with van der Waals surface area (Å²) in [5.74, 6) is 4.92. The zero-order valence-corrected chi connectivity index (χ0v) is 29.1. The molecule has 0 aliphatic rings. The first-order chi connectivity index (χ1) is 23.0. The molecule has 0 saturated carbocycles. The molecule has 3 rings (SSSR count). The van der Waals surface area contributed by atoms with Crippen LogP contribution in [-0.4, -0.2) is 78.7 Å². The van der Waals surface area contributed by atoms with E-state index in [2.05, 4.69) is 22.0 Å². The SMILES string of the molecule is CC#Cc1cc(C(=O)NC(Cc2ccc(O)cc2)C(O)CN(CCC)NS(=O)(=O)Cc2ccccc2)cc(C(=O)N(CCC)CCC)c1. The summed E-state index contributed by atoms with van der Waals surface area (Å²) in [7, 11) is -3.79. The molecule has 0 aliphatic carbocycles. The summed E-state index contributed by atoms with van der Waals surface area (Å²) in [6, 6.07) is 19.2. The van der Waals surface area contributed by atoms with Gasteiger partial charge >= 0.3 is 0 Å². The lowest BCUT2D eigenvalue weighted by molar-refractivity contribution is 0.0618. The van der Waals surface area contributed by atoms with Gasteiger partial charge in [-0.25, -0.2) is 13.4 Å². The molecule has 0 heterocycles. The van der Waals surface area contributed by atoms with Crippen LogP contribution in [0.4, 0.5) is 0 Å². The zero-order valence-electron chi connectivity index (χ0n) is 28.3. The van der Waals surface area contributed by atoms with Gasteiger partial charge in [0.15, 0.2) is 0 Å². The number of carbonyl (C=O) groups is 2. The molecule has 0 spiro atoms. The summed E-state index contributed by atoms with van der Waals surface area (Å²) in [5, 5.41) is 25.7. The zero-order chi connectivity index (χ0) is 35.1. The number of amides is 2. The minimum atomic E-state index is -3.79. The molecule has 3 aromatic carbocycles. The normalized spacial score (nSPS) is 12.5. The minimum Gasteiger partial charge on any atom is -0.508 e. The maximum Gasteiger partial charge on any atom is 0.253 e. The van der Waals surface area contributed by atoms with Crippen LogP contribution in [-0.2, 0) is 22.2 Å². The molecule has 2 atom stereocenters. The predicted molar refractivity (Wildman–Crippen MR) is 189 cm³/mol. The van der Waals surface area contributed by atoms with Gasteiger partial charge in [0, 0.05) is 42.9 Å². The van der Waals surface area contributed by atoms with Gasteiger partial charge in [-0.15, -0.1) is 10.8 Å². The third kappa shape index (κ3) is 12.1. The van der Waals surface area contributed by atoms with Crippen molar-refractivity contribution >= 4 is 21.8 Å². The highest BCUT2D eigenvalue weighted by Crippen LogP contribution is 2.17. The molecule has 0 fully saturated rings. The van der Waals surface area contributed by atoms with Gasteiger partial charge in [-0.2, -0.15) is 0 Å². The Hall–Kier alpha value is -4.21. The number of aliphatic hydroxyl groups is 1. The van der Waals surface area contributed by atoms with Crippen molar-refractivity contribution in [3.05, 3.63) is 101 Å². The van der Waals surface area contributed by atoms with Gasteiger partial charge in [-0.05, 0) is 74.1 Å². The van der Waals surface area contributed by atoms with Crippen LogP contribution >= 0.6 is 0 Å². The van der Waals surface area contributed by atoms with E-state index >= 15 is 0 Å². The summed E-state index contributed by atoms with van der Waals surface area (Å²) in [6.45, 7) is 8.96. The average Bonchev–Trinajstić information content (AvgIpc) is 3.05. The van der Waals surface area contributed by atoms with Gasteiger partial charge in [0.25, 0.3) is 11.8 Å². The van der Waals surface area contributed by atoms with E-state index in [-0.39, 0.29) is 35.9 Å². The van der Waals surface area contributed by atoms with E-state index < -0.39 is 28.1 Å². The Kier molecular flexibility index (Phi) is 15.1. The van der Waals surface area contributed by atoms with Crippen molar-refractivity contribution in [1.82, 2.24) is 20.1 Å². The van der Waals surface area contributed by atoms with Crippen LogP contribution < -0.4 is 10.1 Å². The topological polar surface area (TPSA) is 139 Å². The number of aromatic hydroxyl groups is 1. The number of phenolic OH excluding ortho intramolecular Hbond substituents is 1. The monoisotopic (exact) mass is 676 g/mol. The van der Waals surface area contributed by atoms with Gasteiger partial charge in [0.2, 0.25) is 10.0 Å². The van der Waals surface area contributed by atoms with E-state index in [9.17, 15) is 28.2 Å². The van der Waals surface area contributed by atoms with Crippen LogP contribution in [0.1, 0.15) is 84.4 Å².